The number of nitrogens with zero attached hydrogens (tertiary/aromatic N) is 2. The van der Waals surface area contributed by atoms with E-state index < -0.39 is 0 Å². The second kappa shape index (κ2) is 7.67. The minimum atomic E-state index is -0.270. The number of aryl methyl sites for hydroxylation is 1. The van der Waals surface area contributed by atoms with Crippen molar-refractivity contribution in [2.45, 2.75) is 12.8 Å². The molecule has 160 valence electrons. The Morgan fingerprint density at radius 3 is 2.61 bits per heavy atom. The molecule has 2 aromatic carbocycles. The van der Waals surface area contributed by atoms with Crippen LogP contribution in [0.3, 0.4) is 0 Å². The van der Waals surface area contributed by atoms with E-state index in [1.807, 2.05) is 42.6 Å². The molecular weight excluding hydrogens is 478 g/mol. The molecule has 0 spiro atoms. The van der Waals surface area contributed by atoms with Gasteiger partial charge in [0.1, 0.15) is 0 Å². The quantitative estimate of drug-likeness (QED) is 0.300. The molecule has 0 atom stereocenters. The highest BCUT2D eigenvalue weighted by Gasteiger charge is 2.29. The molecule has 0 bridgehead atoms. The molecule has 0 saturated carbocycles. The number of halogens is 1. The van der Waals surface area contributed by atoms with Gasteiger partial charge in [0.2, 0.25) is 17.3 Å². The summed E-state index contributed by atoms with van der Waals surface area (Å²) in [5.74, 6) is -0.158. The average molecular weight is 496 g/mol. The van der Waals surface area contributed by atoms with Crippen LogP contribution in [0, 0.1) is 0 Å². The molecule has 0 amide bonds. The lowest BCUT2D eigenvalue weighted by atomic mass is 9.84. The lowest BCUT2D eigenvalue weighted by molar-refractivity contribution is 0.101. The van der Waals surface area contributed by atoms with Crippen LogP contribution in [0.5, 0.6) is 0 Å². The fourth-order valence-corrected chi connectivity index (χ4v) is 4.88. The van der Waals surface area contributed by atoms with E-state index in [4.69, 9.17) is 15.1 Å². The zero-order valence-electron chi connectivity index (χ0n) is 17.5. The minimum absolute atomic E-state index is 0.112. The Morgan fingerprint density at radius 2 is 1.82 bits per heavy atom. The molecule has 0 fully saturated rings. The Morgan fingerprint density at radius 1 is 1.00 bits per heavy atom. The largest absolute Gasteiger partial charge is 0.432 e. The van der Waals surface area contributed by atoms with Gasteiger partial charge in [0.15, 0.2) is 0 Å². The second-order valence-corrected chi connectivity index (χ2v) is 8.99. The van der Waals surface area contributed by atoms with Crippen molar-refractivity contribution >= 4 is 38.5 Å². The lowest BCUT2D eigenvalue weighted by Crippen LogP contribution is -2.08. The van der Waals surface area contributed by atoms with Gasteiger partial charge < -0.3 is 10.2 Å². The number of nitrogens with two attached hydrogens (primary N) is 1. The van der Waals surface area contributed by atoms with Gasteiger partial charge in [0.25, 0.3) is 0 Å². The number of hydrogen-bond acceptors (Lipinski definition) is 5. The number of fused-ring (bicyclic) bond motifs is 4. The Kier molecular flexibility index (Phi) is 4.62. The summed E-state index contributed by atoms with van der Waals surface area (Å²) in [4.78, 5) is 22.5. The molecular formula is C27H18BrN3O2. The lowest BCUT2D eigenvalue weighted by Gasteiger charge is -2.22. The summed E-state index contributed by atoms with van der Waals surface area (Å²) in [6.07, 6.45) is 5.29. The Balaban J connectivity index is 1.65. The predicted molar refractivity (Wildman–Crippen MR) is 132 cm³/mol. The van der Waals surface area contributed by atoms with Gasteiger partial charge in [0, 0.05) is 39.1 Å². The predicted octanol–water partition coefficient (Wildman–Crippen LogP) is 6.23. The van der Waals surface area contributed by atoms with Crippen molar-refractivity contribution < 1.29 is 9.21 Å². The van der Waals surface area contributed by atoms with Crippen LogP contribution in [0.25, 0.3) is 33.5 Å². The fourth-order valence-electron chi connectivity index (χ4n) is 4.62. The van der Waals surface area contributed by atoms with Gasteiger partial charge >= 0.3 is 0 Å². The number of aromatic nitrogens is 2. The van der Waals surface area contributed by atoms with Crippen molar-refractivity contribution in [1.82, 2.24) is 9.97 Å². The Bertz CT molecular complexity index is 1540. The first-order valence-corrected chi connectivity index (χ1v) is 11.4. The average Bonchev–Trinajstić information content (AvgIpc) is 3.19. The summed E-state index contributed by atoms with van der Waals surface area (Å²) >= 11 is 3.40. The number of hydrogen-bond donors (Lipinski definition) is 1. The van der Waals surface area contributed by atoms with E-state index in [2.05, 4.69) is 33.0 Å². The van der Waals surface area contributed by atoms with E-state index in [0.29, 0.717) is 22.4 Å². The summed E-state index contributed by atoms with van der Waals surface area (Å²) < 4.78 is 6.96. The van der Waals surface area contributed by atoms with Crippen molar-refractivity contribution in [3.63, 3.8) is 0 Å². The molecule has 3 heterocycles. The van der Waals surface area contributed by atoms with Crippen LogP contribution in [-0.4, -0.2) is 15.8 Å². The third kappa shape index (κ3) is 3.17. The zero-order chi connectivity index (χ0) is 22.5. The number of benzene rings is 2. The van der Waals surface area contributed by atoms with E-state index in [9.17, 15) is 4.79 Å². The first kappa shape index (κ1) is 19.9. The topological polar surface area (TPSA) is 82.0 Å². The number of pyridine rings is 2. The molecule has 33 heavy (non-hydrogen) atoms. The summed E-state index contributed by atoms with van der Waals surface area (Å²) in [6.45, 7) is 0. The molecule has 3 aromatic heterocycles. The summed E-state index contributed by atoms with van der Waals surface area (Å²) in [5.41, 5.74) is 13.9. The van der Waals surface area contributed by atoms with Gasteiger partial charge in [0.05, 0.1) is 16.8 Å². The summed E-state index contributed by atoms with van der Waals surface area (Å²) in [6, 6.07) is 19.3. The normalized spacial score (nSPS) is 12.4. The van der Waals surface area contributed by atoms with Crippen LogP contribution >= 0.6 is 15.9 Å². The minimum Gasteiger partial charge on any atom is -0.432 e. The molecule has 0 radical (unpaired) electrons. The van der Waals surface area contributed by atoms with E-state index in [1.165, 1.54) is 5.56 Å². The fraction of sp³-hybridized carbons (Fsp3) is 0.0741. The van der Waals surface area contributed by atoms with Crippen molar-refractivity contribution in [2.75, 3.05) is 5.73 Å². The maximum absolute atomic E-state index is 13.3. The van der Waals surface area contributed by atoms with Crippen LogP contribution in [-0.2, 0) is 12.8 Å². The van der Waals surface area contributed by atoms with Gasteiger partial charge in [-0.15, -0.1) is 0 Å². The molecule has 0 aliphatic heterocycles. The number of carbonyl (C=O) groups is 1. The van der Waals surface area contributed by atoms with E-state index >= 15 is 0 Å². The van der Waals surface area contributed by atoms with Crippen LogP contribution < -0.4 is 5.73 Å². The molecule has 2 N–H and O–H groups in total. The van der Waals surface area contributed by atoms with E-state index in [0.717, 1.165) is 45.3 Å². The first-order chi connectivity index (χ1) is 16.1. The van der Waals surface area contributed by atoms with Gasteiger partial charge in [-0.25, -0.2) is 4.98 Å². The Labute approximate surface area is 198 Å². The van der Waals surface area contributed by atoms with Crippen LogP contribution in [0.1, 0.15) is 27.2 Å². The van der Waals surface area contributed by atoms with Crippen molar-refractivity contribution in [2.24, 2.45) is 0 Å². The smallest absolute Gasteiger partial charge is 0.230 e. The summed E-state index contributed by atoms with van der Waals surface area (Å²) in [5, 5.41) is 0.668. The zero-order valence-corrected chi connectivity index (χ0v) is 19.1. The maximum Gasteiger partial charge on any atom is 0.230 e. The van der Waals surface area contributed by atoms with Crippen molar-refractivity contribution in [1.29, 1.82) is 0 Å². The molecule has 5 nitrogen and oxygen atoms in total. The van der Waals surface area contributed by atoms with Crippen molar-refractivity contribution in [3.05, 3.63) is 100.0 Å². The number of furan rings is 1. The molecule has 0 unspecified atom stereocenters. The molecule has 0 saturated heterocycles. The molecule has 1 aliphatic rings. The van der Waals surface area contributed by atoms with Crippen LogP contribution in [0.4, 0.5) is 5.69 Å². The highest BCUT2D eigenvalue weighted by atomic mass is 79.9. The second-order valence-electron chi connectivity index (χ2n) is 8.07. The SMILES string of the molecule is Nc1c(C(=O)c2ccc(Br)cc2)oc2nc3c(c(-c4cccnc4)c12)CCc1ccccc1-3. The third-order valence-corrected chi connectivity index (χ3v) is 6.69. The van der Waals surface area contributed by atoms with Gasteiger partial charge in [-0.05, 0) is 54.3 Å². The first-order valence-electron chi connectivity index (χ1n) is 10.7. The number of rotatable bonds is 3. The molecule has 6 rings (SSSR count). The number of carbonyl (C=O) groups excluding carboxylic acids is 1. The summed E-state index contributed by atoms with van der Waals surface area (Å²) in [7, 11) is 0. The highest BCUT2D eigenvalue weighted by Crippen LogP contribution is 2.44. The maximum atomic E-state index is 13.3. The number of nitrogen functional groups attached to an aromatic ring is 1. The monoisotopic (exact) mass is 495 g/mol. The van der Waals surface area contributed by atoms with Gasteiger partial charge in [-0.3, -0.25) is 9.78 Å². The van der Waals surface area contributed by atoms with Gasteiger partial charge in [-0.2, -0.15) is 0 Å². The molecule has 1 aliphatic carbocycles. The standard InChI is InChI=1S/C27H18BrN3O2/c28-18-10-7-16(8-11-18)25(32)26-23(29)22-21(17-5-3-13-30-14-17)20-12-9-15-4-1-2-6-19(15)24(20)31-27(22)33-26/h1-8,10-11,13-14H,9,12,29H2. The number of anilines is 1. The van der Waals surface area contributed by atoms with Crippen LogP contribution in [0.2, 0.25) is 0 Å². The van der Waals surface area contributed by atoms with E-state index in [-0.39, 0.29) is 11.5 Å². The molecule has 5 aromatic rings. The number of ketones is 1. The van der Waals surface area contributed by atoms with Crippen LogP contribution in [0.15, 0.2) is 81.9 Å². The van der Waals surface area contributed by atoms with Crippen molar-refractivity contribution in [3.8, 4) is 22.4 Å². The third-order valence-electron chi connectivity index (χ3n) is 6.16. The molecule has 6 heteroatoms. The van der Waals surface area contributed by atoms with E-state index in [1.54, 1.807) is 18.3 Å². The highest BCUT2D eigenvalue weighted by molar-refractivity contribution is 9.10. The Hall–Kier alpha value is -3.77. The van der Waals surface area contributed by atoms with Gasteiger partial charge in [-0.1, -0.05) is 46.3 Å².